The summed E-state index contributed by atoms with van der Waals surface area (Å²) in [7, 11) is 0. The fourth-order valence-corrected chi connectivity index (χ4v) is 2.41. The van der Waals surface area contributed by atoms with Crippen LogP contribution in [0.25, 0.3) is 0 Å². The van der Waals surface area contributed by atoms with E-state index in [0.29, 0.717) is 6.54 Å². The van der Waals surface area contributed by atoms with Gasteiger partial charge in [0.15, 0.2) is 0 Å². The highest BCUT2D eigenvalue weighted by Gasteiger charge is 2.42. The average molecular weight is 223 g/mol. The fraction of sp³-hybridized carbons (Fsp3) is 0.818. The van der Waals surface area contributed by atoms with Crippen LogP contribution >= 0.6 is 0 Å². The van der Waals surface area contributed by atoms with Gasteiger partial charge in [-0.3, -0.25) is 4.57 Å². The third-order valence-electron chi connectivity index (χ3n) is 3.58. The van der Waals surface area contributed by atoms with Crippen LogP contribution in [0.15, 0.2) is 0 Å². The number of hydrogen-bond donors (Lipinski definition) is 2. The van der Waals surface area contributed by atoms with Gasteiger partial charge in [0.2, 0.25) is 5.95 Å². The van der Waals surface area contributed by atoms with Gasteiger partial charge < -0.3 is 11.1 Å². The van der Waals surface area contributed by atoms with Crippen molar-refractivity contribution in [2.45, 2.75) is 45.1 Å². The van der Waals surface area contributed by atoms with Crippen LogP contribution in [0.4, 0.5) is 5.95 Å². The van der Waals surface area contributed by atoms with Gasteiger partial charge in [0.05, 0.1) is 0 Å². The standard InChI is InChI=1S/C11H21N5/c1-3-13-10-15-14-9(16(10)4-2)11(8-12)6-5-7-11/h3-8,12H2,1-2H3,(H,13,15). The molecule has 1 saturated carbocycles. The van der Waals surface area contributed by atoms with Crippen molar-refractivity contribution in [1.82, 2.24) is 14.8 Å². The first-order valence-corrected chi connectivity index (χ1v) is 6.15. The molecule has 1 aliphatic carbocycles. The van der Waals surface area contributed by atoms with Crippen molar-refractivity contribution >= 4 is 5.95 Å². The monoisotopic (exact) mass is 223 g/mol. The van der Waals surface area contributed by atoms with Crippen molar-refractivity contribution in [3.63, 3.8) is 0 Å². The molecule has 16 heavy (non-hydrogen) atoms. The smallest absolute Gasteiger partial charge is 0.224 e. The predicted octanol–water partition coefficient (Wildman–Crippen LogP) is 1.11. The minimum atomic E-state index is 0.0939. The molecule has 1 heterocycles. The second-order valence-corrected chi connectivity index (χ2v) is 4.46. The van der Waals surface area contributed by atoms with Crippen molar-refractivity contribution in [3.05, 3.63) is 5.82 Å². The third kappa shape index (κ3) is 1.59. The molecule has 90 valence electrons. The summed E-state index contributed by atoms with van der Waals surface area (Å²) in [5, 5.41) is 11.8. The Labute approximate surface area is 96.4 Å². The molecule has 1 fully saturated rings. The molecule has 0 aromatic carbocycles. The van der Waals surface area contributed by atoms with Crippen molar-refractivity contribution < 1.29 is 0 Å². The molecule has 3 N–H and O–H groups in total. The molecule has 0 atom stereocenters. The van der Waals surface area contributed by atoms with E-state index < -0.39 is 0 Å². The van der Waals surface area contributed by atoms with E-state index in [9.17, 15) is 0 Å². The number of anilines is 1. The van der Waals surface area contributed by atoms with Crippen LogP contribution in [0, 0.1) is 0 Å². The molecular formula is C11H21N5. The molecule has 1 aliphatic rings. The van der Waals surface area contributed by atoms with E-state index in [1.54, 1.807) is 0 Å². The van der Waals surface area contributed by atoms with Gasteiger partial charge in [0.1, 0.15) is 5.82 Å². The quantitative estimate of drug-likeness (QED) is 0.784. The van der Waals surface area contributed by atoms with E-state index >= 15 is 0 Å². The Kier molecular flexibility index (Phi) is 3.14. The fourth-order valence-electron chi connectivity index (χ4n) is 2.41. The van der Waals surface area contributed by atoms with E-state index in [4.69, 9.17) is 5.73 Å². The molecule has 5 heteroatoms. The normalized spacial score (nSPS) is 18.2. The molecule has 0 radical (unpaired) electrons. The Morgan fingerprint density at radius 1 is 1.38 bits per heavy atom. The van der Waals surface area contributed by atoms with Gasteiger partial charge in [-0.15, -0.1) is 10.2 Å². The summed E-state index contributed by atoms with van der Waals surface area (Å²) in [5.41, 5.74) is 6.00. The van der Waals surface area contributed by atoms with Crippen molar-refractivity contribution in [2.75, 3.05) is 18.4 Å². The van der Waals surface area contributed by atoms with E-state index in [-0.39, 0.29) is 5.41 Å². The van der Waals surface area contributed by atoms with Crippen LogP contribution in [-0.4, -0.2) is 27.9 Å². The van der Waals surface area contributed by atoms with Gasteiger partial charge >= 0.3 is 0 Å². The molecule has 5 nitrogen and oxygen atoms in total. The third-order valence-corrected chi connectivity index (χ3v) is 3.58. The maximum absolute atomic E-state index is 5.91. The maximum atomic E-state index is 5.91. The summed E-state index contributed by atoms with van der Waals surface area (Å²) in [5.74, 6) is 1.94. The first kappa shape index (κ1) is 11.4. The van der Waals surface area contributed by atoms with Crippen molar-refractivity contribution in [2.24, 2.45) is 5.73 Å². The van der Waals surface area contributed by atoms with Crippen molar-refractivity contribution in [1.29, 1.82) is 0 Å². The highest BCUT2D eigenvalue weighted by Crippen LogP contribution is 2.42. The van der Waals surface area contributed by atoms with E-state index in [1.165, 1.54) is 6.42 Å². The van der Waals surface area contributed by atoms with Crippen LogP contribution in [0.2, 0.25) is 0 Å². The van der Waals surface area contributed by atoms with E-state index in [1.807, 2.05) is 0 Å². The Morgan fingerprint density at radius 2 is 2.12 bits per heavy atom. The second-order valence-electron chi connectivity index (χ2n) is 4.46. The molecular weight excluding hydrogens is 202 g/mol. The number of nitrogens with one attached hydrogen (secondary N) is 1. The lowest BCUT2D eigenvalue weighted by Crippen LogP contribution is -2.43. The minimum absolute atomic E-state index is 0.0939. The summed E-state index contributed by atoms with van der Waals surface area (Å²) < 4.78 is 2.16. The summed E-state index contributed by atoms with van der Waals surface area (Å²) in [6.45, 7) is 6.63. The zero-order valence-corrected chi connectivity index (χ0v) is 10.2. The first-order valence-electron chi connectivity index (χ1n) is 6.15. The lowest BCUT2D eigenvalue weighted by Gasteiger charge is -2.39. The van der Waals surface area contributed by atoms with Crippen LogP contribution in [0.1, 0.15) is 38.9 Å². The van der Waals surface area contributed by atoms with E-state index in [0.717, 1.165) is 37.7 Å². The first-order chi connectivity index (χ1) is 7.77. The topological polar surface area (TPSA) is 68.8 Å². The van der Waals surface area contributed by atoms with Gasteiger partial charge in [-0.05, 0) is 26.7 Å². The molecule has 0 bridgehead atoms. The lowest BCUT2D eigenvalue weighted by molar-refractivity contribution is 0.230. The van der Waals surface area contributed by atoms with Crippen molar-refractivity contribution in [3.8, 4) is 0 Å². The molecule has 1 aromatic heterocycles. The Morgan fingerprint density at radius 3 is 2.56 bits per heavy atom. The number of hydrogen-bond acceptors (Lipinski definition) is 4. The largest absolute Gasteiger partial charge is 0.355 e. The van der Waals surface area contributed by atoms with Gasteiger partial charge in [0.25, 0.3) is 0 Å². The van der Waals surface area contributed by atoms with Crippen LogP contribution < -0.4 is 11.1 Å². The molecule has 1 aromatic rings. The highest BCUT2D eigenvalue weighted by molar-refractivity contribution is 5.29. The number of rotatable bonds is 5. The number of aromatic nitrogens is 3. The average Bonchev–Trinajstić information content (AvgIpc) is 2.62. The summed E-state index contributed by atoms with van der Waals surface area (Å²) in [4.78, 5) is 0. The molecule has 0 amide bonds. The molecule has 0 saturated heterocycles. The van der Waals surface area contributed by atoms with Gasteiger partial charge in [-0.1, -0.05) is 6.42 Å². The summed E-state index contributed by atoms with van der Waals surface area (Å²) in [6, 6.07) is 0. The SMILES string of the molecule is CCNc1nnc(C2(CN)CCC2)n1CC. The van der Waals surface area contributed by atoms with E-state index in [2.05, 4.69) is 33.9 Å². The predicted molar refractivity (Wildman–Crippen MR) is 64.4 cm³/mol. The maximum Gasteiger partial charge on any atom is 0.224 e. The zero-order valence-electron chi connectivity index (χ0n) is 10.2. The zero-order chi connectivity index (χ0) is 11.6. The number of nitrogens with two attached hydrogens (primary N) is 1. The molecule has 0 aliphatic heterocycles. The van der Waals surface area contributed by atoms with Crippen LogP contribution in [0.5, 0.6) is 0 Å². The molecule has 0 spiro atoms. The van der Waals surface area contributed by atoms with Crippen LogP contribution in [-0.2, 0) is 12.0 Å². The van der Waals surface area contributed by atoms with Crippen LogP contribution in [0.3, 0.4) is 0 Å². The minimum Gasteiger partial charge on any atom is -0.355 e. The van der Waals surface area contributed by atoms with Gasteiger partial charge in [-0.25, -0.2) is 0 Å². The lowest BCUT2D eigenvalue weighted by atomic mass is 9.68. The molecule has 0 unspecified atom stereocenters. The summed E-state index contributed by atoms with van der Waals surface area (Å²) in [6.07, 6.45) is 3.55. The number of nitrogens with zero attached hydrogens (tertiary/aromatic N) is 3. The molecule has 2 rings (SSSR count). The highest BCUT2D eigenvalue weighted by atomic mass is 15.4. The summed E-state index contributed by atoms with van der Waals surface area (Å²) >= 11 is 0. The van der Waals surface area contributed by atoms with Gasteiger partial charge in [-0.2, -0.15) is 0 Å². The van der Waals surface area contributed by atoms with Gasteiger partial charge in [0, 0.05) is 25.0 Å². The Hall–Kier alpha value is -1.10. The second kappa shape index (κ2) is 4.41. The Balaban J connectivity index is 2.33. The Bertz CT molecular complexity index is 348.